The Bertz CT molecular complexity index is 851. The summed E-state index contributed by atoms with van der Waals surface area (Å²) in [6, 6.07) is 7.42. The van der Waals surface area contributed by atoms with E-state index in [1.807, 2.05) is 17.0 Å². The standard InChI is InChI=1S/C19H23N5O2/c1-22-8-9-23-10-11-24(13-15(23)12-22)19(26)16-2-3-17(21-18(16)25)14-4-6-20-7-5-14/h2-7,15H,8-13H2,1H3,(H,21,25). The molecule has 2 aromatic heterocycles. The molecule has 0 spiro atoms. The van der Waals surface area contributed by atoms with Gasteiger partial charge in [0.1, 0.15) is 5.56 Å². The predicted octanol–water partition coefficient (Wildman–Crippen LogP) is 0.509. The highest BCUT2D eigenvalue weighted by Crippen LogP contribution is 2.17. The SMILES string of the molecule is CN1CCN2CCN(C(=O)c3ccc(-c4ccncc4)[nH]c3=O)CC2C1. The zero-order valence-electron chi connectivity index (χ0n) is 14.9. The van der Waals surface area contributed by atoms with Gasteiger partial charge in [-0.05, 0) is 31.3 Å². The van der Waals surface area contributed by atoms with Gasteiger partial charge in [0.2, 0.25) is 0 Å². The van der Waals surface area contributed by atoms with Crippen molar-refractivity contribution in [3.05, 3.63) is 52.6 Å². The molecule has 0 radical (unpaired) electrons. The molecule has 2 aliphatic heterocycles. The van der Waals surface area contributed by atoms with E-state index in [0.29, 0.717) is 24.8 Å². The third-order valence-electron chi connectivity index (χ3n) is 5.31. The van der Waals surface area contributed by atoms with Crippen molar-refractivity contribution in [1.29, 1.82) is 0 Å². The van der Waals surface area contributed by atoms with E-state index in [-0.39, 0.29) is 17.0 Å². The molecule has 0 bridgehead atoms. The van der Waals surface area contributed by atoms with Crippen molar-refractivity contribution in [1.82, 2.24) is 24.7 Å². The zero-order chi connectivity index (χ0) is 18.1. The number of piperazine rings is 2. The number of aromatic nitrogens is 2. The first-order chi connectivity index (χ1) is 12.6. The molecule has 2 aliphatic rings. The molecule has 7 heteroatoms. The Kier molecular flexibility index (Phi) is 4.57. The summed E-state index contributed by atoms with van der Waals surface area (Å²) in [4.78, 5) is 38.7. The van der Waals surface area contributed by atoms with Gasteiger partial charge < -0.3 is 14.8 Å². The summed E-state index contributed by atoms with van der Waals surface area (Å²) < 4.78 is 0. The number of amides is 1. The van der Waals surface area contributed by atoms with Gasteiger partial charge in [0, 0.05) is 69.0 Å². The third-order valence-corrected chi connectivity index (χ3v) is 5.31. The molecular weight excluding hydrogens is 330 g/mol. The number of hydrogen-bond acceptors (Lipinski definition) is 5. The van der Waals surface area contributed by atoms with Crippen LogP contribution >= 0.6 is 0 Å². The second-order valence-corrected chi connectivity index (χ2v) is 7.05. The minimum absolute atomic E-state index is 0.180. The molecule has 4 heterocycles. The van der Waals surface area contributed by atoms with Crippen molar-refractivity contribution < 1.29 is 4.79 Å². The van der Waals surface area contributed by atoms with Gasteiger partial charge in [0.15, 0.2) is 0 Å². The van der Waals surface area contributed by atoms with E-state index in [1.165, 1.54) is 0 Å². The summed E-state index contributed by atoms with van der Waals surface area (Å²) in [5, 5.41) is 0. The molecule has 0 aromatic carbocycles. The first kappa shape index (κ1) is 16.9. The maximum absolute atomic E-state index is 12.9. The van der Waals surface area contributed by atoms with Crippen molar-refractivity contribution in [2.45, 2.75) is 6.04 Å². The number of nitrogens with one attached hydrogen (secondary N) is 1. The topological polar surface area (TPSA) is 72.5 Å². The summed E-state index contributed by atoms with van der Waals surface area (Å²) in [5.74, 6) is -0.180. The van der Waals surface area contributed by atoms with E-state index in [4.69, 9.17) is 0 Å². The summed E-state index contributed by atoms with van der Waals surface area (Å²) in [6.07, 6.45) is 3.35. The highest BCUT2D eigenvalue weighted by Gasteiger charge is 2.33. The lowest BCUT2D eigenvalue weighted by molar-refractivity contribution is 0.0189. The molecule has 7 nitrogen and oxygen atoms in total. The lowest BCUT2D eigenvalue weighted by Gasteiger charge is -2.46. The van der Waals surface area contributed by atoms with E-state index in [2.05, 4.69) is 26.8 Å². The van der Waals surface area contributed by atoms with Crippen LogP contribution in [0.5, 0.6) is 0 Å². The Morgan fingerprint density at radius 1 is 1.08 bits per heavy atom. The molecule has 2 fully saturated rings. The maximum atomic E-state index is 12.9. The van der Waals surface area contributed by atoms with Crippen LogP contribution in [-0.4, -0.2) is 82.9 Å². The van der Waals surface area contributed by atoms with Crippen molar-refractivity contribution in [2.75, 3.05) is 46.3 Å². The van der Waals surface area contributed by atoms with Crippen molar-refractivity contribution >= 4 is 5.91 Å². The second-order valence-electron chi connectivity index (χ2n) is 7.05. The van der Waals surface area contributed by atoms with Gasteiger partial charge in [-0.3, -0.25) is 19.5 Å². The number of hydrogen-bond donors (Lipinski definition) is 1. The molecule has 26 heavy (non-hydrogen) atoms. The van der Waals surface area contributed by atoms with Crippen LogP contribution in [0.1, 0.15) is 10.4 Å². The Labute approximate surface area is 152 Å². The van der Waals surface area contributed by atoms with Crippen LogP contribution in [0.2, 0.25) is 0 Å². The molecule has 136 valence electrons. The van der Waals surface area contributed by atoms with Gasteiger partial charge in [-0.1, -0.05) is 0 Å². The number of nitrogens with zero attached hydrogens (tertiary/aromatic N) is 4. The fourth-order valence-corrected chi connectivity index (χ4v) is 3.81. The van der Waals surface area contributed by atoms with E-state index >= 15 is 0 Å². The number of likely N-dealkylation sites (N-methyl/N-ethyl adjacent to an activating group) is 1. The lowest BCUT2D eigenvalue weighted by atomic mass is 10.1. The average Bonchev–Trinajstić information content (AvgIpc) is 2.67. The Morgan fingerprint density at radius 2 is 1.85 bits per heavy atom. The van der Waals surface area contributed by atoms with Crippen molar-refractivity contribution in [3.63, 3.8) is 0 Å². The van der Waals surface area contributed by atoms with Crippen molar-refractivity contribution in [2.24, 2.45) is 0 Å². The Hall–Kier alpha value is -2.51. The van der Waals surface area contributed by atoms with E-state index < -0.39 is 0 Å². The molecule has 2 aromatic rings. The lowest BCUT2D eigenvalue weighted by Crippen LogP contribution is -2.62. The molecule has 1 unspecified atom stereocenters. The zero-order valence-corrected chi connectivity index (χ0v) is 14.9. The van der Waals surface area contributed by atoms with Crippen LogP contribution in [0, 0.1) is 0 Å². The van der Waals surface area contributed by atoms with Crippen LogP contribution in [0.25, 0.3) is 11.3 Å². The molecule has 1 atom stereocenters. The molecule has 0 saturated carbocycles. The molecule has 1 N–H and O–H groups in total. The minimum Gasteiger partial charge on any atom is -0.336 e. The van der Waals surface area contributed by atoms with Gasteiger partial charge in [0.25, 0.3) is 11.5 Å². The highest BCUT2D eigenvalue weighted by molar-refractivity contribution is 5.94. The first-order valence-electron chi connectivity index (χ1n) is 8.97. The number of aromatic amines is 1. The number of carbonyl (C=O) groups excluding carboxylic acids is 1. The smallest absolute Gasteiger partial charge is 0.261 e. The van der Waals surface area contributed by atoms with Crippen LogP contribution < -0.4 is 5.56 Å². The molecular formula is C19H23N5O2. The summed E-state index contributed by atoms with van der Waals surface area (Å²) in [7, 11) is 2.11. The summed E-state index contributed by atoms with van der Waals surface area (Å²) in [6.45, 7) is 5.29. The molecule has 4 rings (SSSR count). The number of carbonyl (C=O) groups is 1. The van der Waals surface area contributed by atoms with Gasteiger partial charge in [-0.15, -0.1) is 0 Å². The normalized spacial score (nSPS) is 21.4. The summed E-state index contributed by atoms with van der Waals surface area (Å²) in [5.41, 5.74) is 1.43. The van der Waals surface area contributed by atoms with Crippen LogP contribution in [0.4, 0.5) is 0 Å². The minimum atomic E-state index is -0.340. The predicted molar refractivity (Wildman–Crippen MR) is 99.1 cm³/mol. The largest absolute Gasteiger partial charge is 0.336 e. The summed E-state index contributed by atoms with van der Waals surface area (Å²) >= 11 is 0. The van der Waals surface area contributed by atoms with Gasteiger partial charge in [-0.25, -0.2) is 0 Å². The van der Waals surface area contributed by atoms with Crippen molar-refractivity contribution in [3.8, 4) is 11.3 Å². The fourth-order valence-electron chi connectivity index (χ4n) is 3.81. The molecule has 2 saturated heterocycles. The van der Waals surface area contributed by atoms with E-state index in [1.54, 1.807) is 24.5 Å². The number of fused-ring (bicyclic) bond motifs is 1. The van der Waals surface area contributed by atoms with Crippen LogP contribution in [0.15, 0.2) is 41.5 Å². The van der Waals surface area contributed by atoms with Gasteiger partial charge >= 0.3 is 0 Å². The average molecular weight is 353 g/mol. The Balaban J connectivity index is 1.52. The third kappa shape index (κ3) is 3.27. The molecule has 0 aliphatic carbocycles. The maximum Gasteiger partial charge on any atom is 0.261 e. The highest BCUT2D eigenvalue weighted by atomic mass is 16.2. The van der Waals surface area contributed by atoms with Crippen LogP contribution in [0.3, 0.4) is 0 Å². The van der Waals surface area contributed by atoms with E-state index in [9.17, 15) is 9.59 Å². The number of H-pyrrole nitrogens is 1. The van der Waals surface area contributed by atoms with E-state index in [0.717, 1.165) is 31.7 Å². The quantitative estimate of drug-likeness (QED) is 0.852. The molecule has 1 amide bonds. The van der Waals surface area contributed by atoms with Crippen LogP contribution in [-0.2, 0) is 0 Å². The Morgan fingerprint density at radius 3 is 2.62 bits per heavy atom. The number of pyridine rings is 2. The van der Waals surface area contributed by atoms with Gasteiger partial charge in [0.05, 0.1) is 0 Å². The first-order valence-corrected chi connectivity index (χ1v) is 8.97. The van der Waals surface area contributed by atoms with Gasteiger partial charge in [-0.2, -0.15) is 0 Å². The second kappa shape index (κ2) is 7.01. The number of rotatable bonds is 2. The fraction of sp³-hybridized carbons (Fsp3) is 0.421. The monoisotopic (exact) mass is 353 g/mol.